The predicted octanol–water partition coefficient (Wildman–Crippen LogP) is 2.62. The van der Waals surface area contributed by atoms with E-state index in [1.165, 1.54) is 0 Å². The molecule has 14 atom stereocenters. The van der Waals surface area contributed by atoms with E-state index in [-0.39, 0.29) is 90.1 Å². The van der Waals surface area contributed by atoms with Crippen LogP contribution in [0.15, 0.2) is 24.3 Å². The number of ketones is 1. The summed E-state index contributed by atoms with van der Waals surface area (Å²) in [4.78, 5) is 56.2. The molecule has 12 heteroatoms. The Morgan fingerprint density at radius 1 is 1.06 bits per heavy atom. The number of methoxy groups -OCH3 is 3. The maximum Gasteiger partial charge on any atom is 0.340 e. The van der Waals surface area contributed by atoms with Crippen molar-refractivity contribution >= 4 is 29.3 Å². The van der Waals surface area contributed by atoms with Crippen LogP contribution in [0.4, 0.5) is 5.69 Å². The van der Waals surface area contributed by atoms with Gasteiger partial charge in [-0.15, -0.1) is 0 Å². The van der Waals surface area contributed by atoms with Crippen LogP contribution in [0.1, 0.15) is 69.7 Å². The van der Waals surface area contributed by atoms with E-state index in [1.807, 2.05) is 0 Å². The highest BCUT2D eigenvalue weighted by molar-refractivity contribution is 6.22. The molecule has 5 saturated carbocycles. The number of likely N-dealkylation sites (tertiary alicyclic amines) is 1. The van der Waals surface area contributed by atoms with Crippen molar-refractivity contribution in [2.75, 3.05) is 45.9 Å². The Balaban J connectivity index is 1.24. The first kappa shape index (κ1) is 35.3. The van der Waals surface area contributed by atoms with Gasteiger partial charge in [-0.25, -0.2) is 9.69 Å². The van der Waals surface area contributed by atoms with E-state index in [0.717, 1.165) is 11.3 Å². The lowest BCUT2D eigenvalue weighted by molar-refractivity contribution is -0.314. The lowest BCUT2D eigenvalue weighted by Gasteiger charge is -2.70. The molecule has 2 amide bonds. The number of nitrogens with zero attached hydrogens (tertiary/aromatic N) is 2. The number of amides is 2. The number of carbonyl (C=O) groups is 4. The van der Waals surface area contributed by atoms with Gasteiger partial charge in [-0.2, -0.15) is 0 Å². The second-order valence-electron chi connectivity index (χ2n) is 16.8. The van der Waals surface area contributed by atoms with Crippen molar-refractivity contribution in [2.24, 2.45) is 46.3 Å². The highest BCUT2D eigenvalue weighted by Crippen LogP contribution is 2.81. The number of hydrogen-bond acceptors (Lipinski definition) is 11. The Morgan fingerprint density at radius 3 is 2.43 bits per heavy atom. The zero-order chi connectivity index (χ0) is 36.4. The van der Waals surface area contributed by atoms with Gasteiger partial charge >= 0.3 is 5.97 Å². The minimum absolute atomic E-state index is 0.0112. The highest BCUT2D eigenvalue weighted by Gasteiger charge is 2.91. The van der Waals surface area contributed by atoms with Crippen molar-refractivity contribution in [2.45, 2.75) is 94.9 Å². The lowest BCUT2D eigenvalue weighted by atomic mass is 9.42. The summed E-state index contributed by atoms with van der Waals surface area (Å²) in [7, 11) is 4.97. The van der Waals surface area contributed by atoms with Crippen LogP contribution in [0.25, 0.3) is 0 Å². The van der Waals surface area contributed by atoms with Crippen LogP contribution in [0.5, 0.6) is 0 Å². The summed E-state index contributed by atoms with van der Waals surface area (Å²) in [5, 5.41) is 26.8. The number of rotatable bonds is 10. The molecule has 2 aliphatic heterocycles. The largest absolute Gasteiger partial charge is 0.461 e. The number of ether oxygens (including phenoxy) is 4. The molecule has 278 valence electrons. The first-order valence-electron chi connectivity index (χ1n) is 18.7. The number of esters is 1. The number of fused-ring (bicyclic) bond motifs is 2. The Labute approximate surface area is 299 Å². The van der Waals surface area contributed by atoms with E-state index in [4.69, 9.17) is 18.9 Å². The number of carbonyl (C=O) groups excluding carboxylic acids is 4. The third kappa shape index (κ3) is 4.23. The van der Waals surface area contributed by atoms with Gasteiger partial charge < -0.3 is 34.0 Å². The molecule has 0 unspecified atom stereocenters. The monoisotopic (exact) mass is 708 g/mol. The number of hydrogen-bond donors (Lipinski definition) is 2. The summed E-state index contributed by atoms with van der Waals surface area (Å²) in [5.41, 5.74) is -4.36. The number of anilines is 1. The maximum absolute atomic E-state index is 14.1. The number of aliphatic hydroxyl groups is 2. The molecule has 12 nitrogen and oxygen atoms in total. The minimum atomic E-state index is -1.74. The topological polar surface area (TPSA) is 152 Å². The van der Waals surface area contributed by atoms with Gasteiger partial charge in [0.15, 0.2) is 0 Å². The number of para-hydroxylation sites is 1. The van der Waals surface area contributed by atoms with E-state index in [0.29, 0.717) is 32.4 Å². The van der Waals surface area contributed by atoms with Crippen molar-refractivity contribution in [3.05, 3.63) is 29.8 Å². The second-order valence-corrected chi connectivity index (χ2v) is 16.8. The third-order valence-corrected chi connectivity index (χ3v) is 15.0. The molecule has 1 spiro atoms. The van der Waals surface area contributed by atoms with Gasteiger partial charge in [-0.05, 0) is 68.5 Å². The number of piperidine rings is 1. The normalized spacial score (nSPS) is 46.5. The van der Waals surface area contributed by atoms with Gasteiger partial charge in [-0.1, -0.05) is 26.0 Å². The highest BCUT2D eigenvalue weighted by atomic mass is 16.5. The molecule has 8 rings (SSSR count). The van der Waals surface area contributed by atoms with Crippen LogP contribution in [0.3, 0.4) is 0 Å². The first-order chi connectivity index (χ1) is 24.3. The first-order valence-corrected chi connectivity index (χ1v) is 18.7. The molecule has 1 aromatic rings. The quantitative estimate of drug-likeness (QED) is 0.273. The van der Waals surface area contributed by atoms with Gasteiger partial charge in [0.05, 0.1) is 42.2 Å². The second kappa shape index (κ2) is 11.9. The number of imide groups is 1. The number of likely N-dealkylation sites (N-methyl/N-ethyl adjacent to an activating group) is 1. The third-order valence-electron chi connectivity index (χ3n) is 15.0. The molecule has 5 aliphatic carbocycles. The molecule has 7 aliphatic rings. The average molecular weight is 709 g/mol. The van der Waals surface area contributed by atoms with Crippen molar-refractivity contribution in [3.8, 4) is 0 Å². The molecule has 51 heavy (non-hydrogen) atoms. The van der Waals surface area contributed by atoms with Gasteiger partial charge in [0.2, 0.25) is 11.8 Å². The number of Topliss-reactive ketones (excluding diaryl/α,β-unsaturated/α-hetero) is 1. The molecule has 2 heterocycles. The molecular weight excluding hydrogens is 656 g/mol. The van der Waals surface area contributed by atoms with Crippen LogP contribution in [-0.4, -0.2) is 115 Å². The van der Waals surface area contributed by atoms with E-state index in [2.05, 4.69) is 11.8 Å². The molecule has 0 radical (unpaired) electrons. The van der Waals surface area contributed by atoms with Crippen molar-refractivity contribution < 1.29 is 48.3 Å². The molecule has 7 fully saturated rings. The Kier molecular flexibility index (Phi) is 8.22. The van der Waals surface area contributed by atoms with Gasteiger partial charge in [0, 0.05) is 69.8 Å². The standard InChI is InChI=1S/C39H52N2O10/c1-7-40-18-36(19-51-34(45)22-10-8-9-11-26(22)41-29(43)14-20(2)33(41)44)13-12-28(49-5)38-25-16-23-24(15-21(3)42)30(25)37(46,17-27(23)48-4)39(47,35(38)40)32(50-6)31(36)38/h8-11,20,23-25,27-28,30-32,35,46-47H,7,12-19H2,1-6H3/t20-,23-,24-,25+,27-,28-,30-,31+,32-,35-,36-,37+,38-,39+/m0/s1. The molecule has 7 bridgehead atoms. The lowest BCUT2D eigenvalue weighted by Crippen LogP contribution is -2.81. The van der Waals surface area contributed by atoms with Crippen molar-refractivity contribution in [1.82, 2.24) is 4.90 Å². The smallest absolute Gasteiger partial charge is 0.340 e. The predicted molar refractivity (Wildman–Crippen MR) is 182 cm³/mol. The summed E-state index contributed by atoms with van der Waals surface area (Å²) in [5.74, 6) is -2.74. The fourth-order valence-corrected chi connectivity index (χ4v) is 13.7. The molecule has 2 N–H and O–H groups in total. The van der Waals surface area contributed by atoms with Gasteiger partial charge in [0.25, 0.3) is 0 Å². The maximum atomic E-state index is 14.1. The van der Waals surface area contributed by atoms with Crippen LogP contribution in [0, 0.1) is 46.3 Å². The average Bonchev–Trinajstić information content (AvgIpc) is 3.61. The summed E-state index contributed by atoms with van der Waals surface area (Å²) in [6.45, 7) is 6.45. The fourth-order valence-electron chi connectivity index (χ4n) is 13.7. The molecule has 0 aromatic heterocycles. The zero-order valence-corrected chi connectivity index (χ0v) is 30.5. The van der Waals surface area contributed by atoms with E-state index in [1.54, 1.807) is 59.4 Å². The van der Waals surface area contributed by atoms with E-state index in [9.17, 15) is 29.4 Å². The van der Waals surface area contributed by atoms with Crippen LogP contribution < -0.4 is 4.90 Å². The van der Waals surface area contributed by atoms with Gasteiger partial charge in [0.1, 0.15) is 17.0 Å². The Bertz CT molecular complexity index is 1650. The summed E-state index contributed by atoms with van der Waals surface area (Å²) < 4.78 is 25.3. The van der Waals surface area contributed by atoms with Crippen LogP contribution in [-0.2, 0) is 33.3 Å². The molecular formula is C39H52N2O10. The minimum Gasteiger partial charge on any atom is -0.461 e. The van der Waals surface area contributed by atoms with Gasteiger partial charge in [-0.3, -0.25) is 14.5 Å². The molecule has 1 aromatic carbocycles. The summed E-state index contributed by atoms with van der Waals surface area (Å²) in [6, 6.07) is 6.05. The Hall–Kier alpha value is -2.74. The van der Waals surface area contributed by atoms with E-state index < -0.39 is 46.1 Å². The number of benzene rings is 1. The van der Waals surface area contributed by atoms with E-state index >= 15 is 0 Å². The van der Waals surface area contributed by atoms with Crippen molar-refractivity contribution in [3.63, 3.8) is 0 Å². The SMILES string of the molecule is CCN1C[C@]2(COC(=O)c3ccccc3N3C(=O)C[C@H](C)C3=O)CC[C@H](OC)[C@@]34[C@@H]5C[C@H]6[C@H](CC(C)=O)[C@@H]5[C@](O)(C[C@@H]6OC)[C@@](O)([C@@H](OC)[C@H]23)[C@@H]14. The van der Waals surface area contributed by atoms with Crippen LogP contribution >= 0.6 is 0 Å². The zero-order valence-electron chi connectivity index (χ0n) is 30.5. The Morgan fingerprint density at radius 2 is 1.80 bits per heavy atom. The summed E-state index contributed by atoms with van der Waals surface area (Å²) in [6.07, 6.45) is 1.19. The summed E-state index contributed by atoms with van der Waals surface area (Å²) >= 11 is 0. The van der Waals surface area contributed by atoms with Crippen LogP contribution in [0.2, 0.25) is 0 Å². The molecule has 2 saturated heterocycles. The van der Waals surface area contributed by atoms with Crippen molar-refractivity contribution in [1.29, 1.82) is 0 Å². The fraction of sp³-hybridized carbons (Fsp3) is 0.744.